The molecule has 90 valence electrons. The standard InChI is InChI=1S/C5Cl3F7/c6-1(4(7,8)12)2(9)3(10,11)5(13,14)15. The molecule has 0 aromatic carbocycles. The van der Waals surface area contributed by atoms with E-state index in [4.69, 9.17) is 0 Å². The molecule has 0 aliphatic heterocycles. The summed E-state index contributed by atoms with van der Waals surface area (Å²) in [6.07, 6.45) is -6.27. The first kappa shape index (κ1) is 15.1. The molecule has 0 rings (SSSR count). The van der Waals surface area contributed by atoms with Gasteiger partial charge in [-0.25, -0.2) is 8.78 Å². The normalized spacial score (nSPS) is 16.4. The number of hydrogen-bond donors (Lipinski definition) is 0. The average Bonchev–Trinajstić information content (AvgIpc) is 1.97. The number of hydrogen-bond acceptors (Lipinski definition) is 0. The quantitative estimate of drug-likeness (QED) is 0.512. The van der Waals surface area contributed by atoms with Crippen molar-refractivity contribution in [2.24, 2.45) is 0 Å². The molecule has 0 N–H and O–H groups in total. The summed E-state index contributed by atoms with van der Waals surface area (Å²) in [5.74, 6) is -9.24. The van der Waals surface area contributed by atoms with Crippen LogP contribution < -0.4 is 0 Å². The summed E-state index contributed by atoms with van der Waals surface area (Å²) >= 11 is 13.3. The van der Waals surface area contributed by atoms with Crippen LogP contribution in [0.2, 0.25) is 0 Å². The molecule has 0 heterocycles. The summed E-state index contributed by atoms with van der Waals surface area (Å²) in [7, 11) is 0. The third kappa shape index (κ3) is 3.29. The van der Waals surface area contributed by atoms with Gasteiger partial charge in [0.05, 0.1) is 0 Å². The second kappa shape index (κ2) is 4.18. The van der Waals surface area contributed by atoms with Crippen molar-refractivity contribution in [2.75, 3.05) is 0 Å². The minimum Gasteiger partial charge on any atom is -0.203 e. The highest BCUT2D eigenvalue weighted by atomic mass is 35.5. The van der Waals surface area contributed by atoms with Gasteiger partial charge in [0.1, 0.15) is 5.03 Å². The monoisotopic (exact) mass is 298 g/mol. The van der Waals surface area contributed by atoms with Crippen LogP contribution in [0.4, 0.5) is 30.7 Å². The Bertz CT molecular complexity index is 273. The van der Waals surface area contributed by atoms with Crippen molar-refractivity contribution in [3.8, 4) is 0 Å². The van der Waals surface area contributed by atoms with Crippen LogP contribution in [0.15, 0.2) is 10.9 Å². The van der Waals surface area contributed by atoms with Crippen molar-refractivity contribution in [3.05, 3.63) is 10.9 Å². The van der Waals surface area contributed by atoms with Crippen molar-refractivity contribution in [3.63, 3.8) is 0 Å². The Morgan fingerprint density at radius 2 is 1.20 bits per heavy atom. The topological polar surface area (TPSA) is 0 Å². The van der Waals surface area contributed by atoms with Crippen molar-refractivity contribution in [1.29, 1.82) is 0 Å². The van der Waals surface area contributed by atoms with Crippen LogP contribution in [-0.4, -0.2) is 16.7 Å². The molecule has 0 bridgehead atoms. The second-order valence-electron chi connectivity index (χ2n) is 2.20. The van der Waals surface area contributed by atoms with Gasteiger partial charge in [-0.1, -0.05) is 34.8 Å². The summed E-state index contributed by atoms with van der Waals surface area (Å²) in [4.78, 5) is 0. The summed E-state index contributed by atoms with van der Waals surface area (Å²) in [5.41, 5.74) is 0. The maximum atomic E-state index is 12.4. The summed E-state index contributed by atoms with van der Waals surface area (Å²) in [5, 5.41) is -2.27. The predicted molar refractivity (Wildman–Crippen MR) is 40.5 cm³/mol. The Labute approximate surface area is 93.6 Å². The Kier molecular flexibility index (Phi) is 4.21. The number of alkyl halides is 8. The highest BCUT2D eigenvalue weighted by Crippen LogP contribution is 2.47. The molecule has 0 atom stereocenters. The first-order chi connectivity index (χ1) is 6.32. The fourth-order valence-corrected chi connectivity index (χ4v) is 0.671. The van der Waals surface area contributed by atoms with Crippen LogP contribution in [0, 0.1) is 0 Å². The molecule has 10 heteroatoms. The first-order valence-corrected chi connectivity index (χ1v) is 4.02. The van der Waals surface area contributed by atoms with E-state index in [-0.39, 0.29) is 0 Å². The van der Waals surface area contributed by atoms with Crippen molar-refractivity contribution < 1.29 is 30.7 Å². The van der Waals surface area contributed by atoms with Gasteiger partial charge in [-0.3, -0.25) is 0 Å². The summed E-state index contributed by atoms with van der Waals surface area (Å²) in [6, 6.07) is 0. The van der Waals surface area contributed by atoms with E-state index in [1.807, 2.05) is 0 Å². The molecule has 0 amide bonds. The maximum absolute atomic E-state index is 12.4. The van der Waals surface area contributed by atoms with Gasteiger partial charge in [-0.2, -0.15) is 22.0 Å². The van der Waals surface area contributed by atoms with Gasteiger partial charge in [0.2, 0.25) is 0 Å². The van der Waals surface area contributed by atoms with Crippen LogP contribution in [0.3, 0.4) is 0 Å². The third-order valence-electron chi connectivity index (χ3n) is 1.07. The highest BCUT2D eigenvalue weighted by molar-refractivity contribution is 6.55. The highest BCUT2D eigenvalue weighted by Gasteiger charge is 2.63. The molecule has 0 radical (unpaired) electrons. The van der Waals surface area contributed by atoms with Gasteiger partial charge in [0, 0.05) is 0 Å². The van der Waals surface area contributed by atoms with E-state index in [2.05, 4.69) is 34.8 Å². The van der Waals surface area contributed by atoms with Crippen LogP contribution in [0.5, 0.6) is 0 Å². The maximum Gasteiger partial charge on any atom is 0.460 e. The lowest BCUT2D eigenvalue weighted by Crippen LogP contribution is -2.38. The molecule has 0 saturated heterocycles. The van der Waals surface area contributed by atoms with Crippen LogP contribution in [-0.2, 0) is 0 Å². The Balaban J connectivity index is 5.44. The molecule has 0 fully saturated rings. The average molecular weight is 299 g/mol. The van der Waals surface area contributed by atoms with Crippen LogP contribution in [0.25, 0.3) is 0 Å². The molecule has 0 nitrogen and oxygen atoms in total. The van der Waals surface area contributed by atoms with E-state index in [1.54, 1.807) is 0 Å². The zero-order chi connectivity index (χ0) is 12.7. The van der Waals surface area contributed by atoms with Gasteiger partial charge in [-0.15, -0.1) is 0 Å². The van der Waals surface area contributed by atoms with Gasteiger partial charge in [0.25, 0.3) is 4.59 Å². The zero-order valence-corrected chi connectivity index (χ0v) is 8.55. The van der Waals surface area contributed by atoms with E-state index in [0.29, 0.717) is 0 Å². The Hall–Kier alpha value is 0.120. The predicted octanol–water partition coefficient (Wildman–Crippen LogP) is 4.70. The fourth-order valence-electron chi connectivity index (χ4n) is 0.387. The fraction of sp³-hybridized carbons (Fsp3) is 0.600. The van der Waals surface area contributed by atoms with Crippen molar-refractivity contribution >= 4 is 34.8 Å². The summed E-state index contributed by atoms with van der Waals surface area (Å²) in [6.45, 7) is 0. The molecule has 0 aromatic heterocycles. The van der Waals surface area contributed by atoms with Gasteiger partial charge < -0.3 is 0 Å². The molecule has 0 spiro atoms. The summed E-state index contributed by atoms with van der Waals surface area (Å²) < 4.78 is 79.9. The molecule has 15 heavy (non-hydrogen) atoms. The molecule has 0 aromatic rings. The molecule has 0 aliphatic rings. The lowest BCUT2D eigenvalue weighted by Gasteiger charge is -2.20. The molecular formula is C5Cl3F7. The first-order valence-electron chi connectivity index (χ1n) is 2.89. The number of rotatable bonds is 2. The lowest BCUT2D eigenvalue weighted by molar-refractivity contribution is -0.270. The van der Waals surface area contributed by atoms with E-state index in [0.717, 1.165) is 0 Å². The minimum absolute atomic E-state index is 2.27. The Morgan fingerprint density at radius 3 is 1.40 bits per heavy atom. The van der Waals surface area contributed by atoms with E-state index < -0.39 is 27.5 Å². The molecule has 0 unspecified atom stereocenters. The molecular weight excluding hydrogens is 299 g/mol. The third-order valence-corrected chi connectivity index (χ3v) is 2.07. The van der Waals surface area contributed by atoms with E-state index >= 15 is 0 Å². The zero-order valence-electron chi connectivity index (χ0n) is 6.28. The van der Waals surface area contributed by atoms with Gasteiger partial charge in [0.15, 0.2) is 5.83 Å². The molecule has 0 saturated carbocycles. The van der Waals surface area contributed by atoms with Gasteiger partial charge in [-0.05, 0) is 0 Å². The molecule has 0 aliphatic carbocycles. The second-order valence-corrected chi connectivity index (χ2v) is 3.81. The van der Waals surface area contributed by atoms with E-state index in [1.165, 1.54) is 0 Å². The minimum atomic E-state index is -6.27. The lowest BCUT2D eigenvalue weighted by atomic mass is 10.2. The SMILES string of the molecule is FC(=C(Cl)C(F)(Cl)Cl)C(F)(F)C(F)(F)F. The van der Waals surface area contributed by atoms with Crippen LogP contribution >= 0.6 is 34.8 Å². The Morgan fingerprint density at radius 1 is 0.867 bits per heavy atom. The van der Waals surface area contributed by atoms with Crippen LogP contribution in [0.1, 0.15) is 0 Å². The van der Waals surface area contributed by atoms with Gasteiger partial charge >= 0.3 is 12.1 Å². The smallest absolute Gasteiger partial charge is 0.203 e. The number of halogens is 10. The van der Waals surface area contributed by atoms with Crippen molar-refractivity contribution in [1.82, 2.24) is 0 Å². The largest absolute Gasteiger partial charge is 0.460 e. The number of allylic oxidation sites excluding steroid dienone is 2. The van der Waals surface area contributed by atoms with E-state index in [9.17, 15) is 30.7 Å². The van der Waals surface area contributed by atoms with Crippen molar-refractivity contribution in [2.45, 2.75) is 16.7 Å².